The standard InChI is InChI=1S/C18H20F2N4O3/c19-18(20)27-13-3-4-15(22-10-13)17(26)23-14-2-1-7-21-16(14)24-8-5-12(11-25)6-9-24/h1-4,7,10,12,18,25H,5-6,8-9,11H2,(H,23,26). The number of piperidine rings is 1. The lowest BCUT2D eigenvalue weighted by molar-refractivity contribution is -0.0500. The van der Waals surface area contributed by atoms with Crippen LogP contribution in [0.1, 0.15) is 23.3 Å². The smallest absolute Gasteiger partial charge is 0.387 e. The van der Waals surface area contributed by atoms with Crippen molar-refractivity contribution in [2.24, 2.45) is 5.92 Å². The average molecular weight is 378 g/mol. The Bertz CT molecular complexity index is 765. The molecule has 0 spiro atoms. The van der Waals surface area contributed by atoms with Crippen molar-refractivity contribution in [3.63, 3.8) is 0 Å². The van der Waals surface area contributed by atoms with Crippen molar-refractivity contribution in [2.45, 2.75) is 19.5 Å². The number of aromatic nitrogens is 2. The highest BCUT2D eigenvalue weighted by atomic mass is 19.3. The van der Waals surface area contributed by atoms with Crippen LogP contribution in [-0.4, -0.2) is 47.3 Å². The number of aliphatic hydroxyl groups is 1. The van der Waals surface area contributed by atoms with Crippen molar-refractivity contribution in [3.8, 4) is 5.75 Å². The number of nitrogens with one attached hydrogen (secondary N) is 1. The normalized spacial score (nSPS) is 15.0. The van der Waals surface area contributed by atoms with E-state index in [1.54, 1.807) is 18.3 Å². The summed E-state index contributed by atoms with van der Waals surface area (Å²) in [5.41, 5.74) is 0.616. The minimum atomic E-state index is -2.94. The Kier molecular flexibility index (Phi) is 6.12. The predicted molar refractivity (Wildman–Crippen MR) is 95.1 cm³/mol. The minimum absolute atomic E-state index is 0.0745. The van der Waals surface area contributed by atoms with Crippen LogP contribution in [0.2, 0.25) is 0 Å². The van der Waals surface area contributed by atoms with Gasteiger partial charge in [0.1, 0.15) is 11.4 Å². The second-order valence-corrected chi connectivity index (χ2v) is 6.20. The van der Waals surface area contributed by atoms with Crippen molar-refractivity contribution in [2.75, 3.05) is 29.9 Å². The molecule has 1 fully saturated rings. The second kappa shape index (κ2) is 8.72. The van der Waals surface area contributed by atoms with Gasteiger partial charge in [-0.05, 0) is 43.0 Å². The van der Waals surface area contributed by atoms with E-state index in [1.807, 2.05) is 0 Å². The summed E-state index contributed by atoms with van der Waals surface area (Å²) in [7, 11) is 0. The van der Waals surface area contributed by atoms with Gasteiger partial charge in [-0.1, -0.05) is 0 Å². The van der Waals surface area contributed by atoms with Gasteiger partial charge >= 0.3 is 6.61 Å². The first-order chi connectivity index (χ1) is 13.1. The Hall–Kier alpha value is -2.81. The number of ether oxygens (including phenoxy) is 1. The van der Waals surface area contributed by atoms with Crippen LogP contribution in [0.4, 0.5) is 20.3 Å². The van der Waals surface area contributed by atoms with Gasteiger partial charge < -0.3 is 20.1 Å². The molecule has 27 heavy (non-hydrogen) atoms. The number of rotatable bonds is 6. The highest BCUT2D eigenvalue weighted by molar-refractivity contribution is 6.04. The molecule has 3 heterocycles. The van der Waals surface area contributed by atoms with Crippen LogP contribution in [0.3, 0.4) is 0 Å². The summed E-state index contributed by atoms with van der Waals surface area (Å²) in [5.74, 6) is 0.356. The Labute approximate surface area is 155 Å². The summed E-state index contributed by atoms with van der Waals surface area (Å²) < 4.78 is 28.6. The SMILES string of the molecule is O=C(Nc1cccnc1N1CCC(CO)CC1)c1ccc(OC(F)F)cn1. The molecule has 0 saturated carbocycles. The molecule has 2 aromatic rings. The van der Waals surface area contributed by atoms with E-state index in [1.165, 1.54) is 12.1 Å². The molecular weight excluding hydrogens is 358 g/mol. The lowest BCUT2D eigenvalue weighted by Crippen LogP contribution is -2.36. The van der Waals surface area contributed by atoms with Crippen LogP contribution in [0, 0.1) is 5.92 Å². The van der Waals surface area contributed by atoms with Gasteiger partial charge in [0.25, 0.3) is 5.91 Å². The molecule has 1 aliphatic heterocycles. The molecule has 0 bridgehead atoms. The number of hydrogen-bond donors (Lipinski definition) is 2. The molecule has 0 aliphatic carbocycles. The third-order valence-electron chi connectivity index (χ3n) is 4.40. The quantitative estimate of drug-likeness (QED) is 0.803. The molecule has 0 atom stereocenters. The zero-order valence-corrected chi connectivity index (χ0v) is 14.5. The van der Waals surface area contributed by atoms with E-state index in [4.69, 9.17) is 0 Å². The van der Waals surface area contributed by atoms with Gasteiger partial charge in [0.15, 0.2) is 5.82 Å². The number of aliphatic hydroxyl groups excluding tert-OH is 1. The number of alkyl halides is 2. The fourth-order valence-corrected chi connectivity index (χ4v) is 2.95. The fourth-order valence-electron chi connectivity index (χ4n) is 2.95. The number of nitrogens with zero attached hydrogens (tertiary/aromatic N) is 3. The maximum atomic E-state index is 12.4. The number of halogens is 2. The zero-order valence-electron chi connectivity index (χ0n) is 14.5. The molecular formula is C18H20F2N4O3. The molecule has 144 valence electrons. The molecule has 0 aromatic carbocycles. The molecule has 0 radical (unpaired) electrons. The van der Waals surface area contributed by atoms with Gasteiger partial charge in [-0.25, -0.2) is 9.97 Å². The Morgan fingerprint density at radius 3 is 2.70 bits per heavy atom. The Balaban J connectivity index is 1.69. The third kappa shape index (κ3) is 4.88. The molecule has 0 unspecified atom stereocenters. The van der Waals surface area contributed by atoms with E-state index in [0.717, 1.165) is 32.1 Å². The Morgan fingerprint density at radius 2 is 2.07 bits per heavy atom. The third-order valence-corrected chi connectivity index (χ3v) is 4.40. The summed E-state index contributed by atoms with van der Waals surface area (Å²) in [4.78, 5) is 22.7. The van der Waals surface area contributed by atoms with Gasteiger partial charge in [0, 0.05) is 25.9 Å². The summed E-state index contributed by atoms with van der Waals surface area (Å²) in [6, 6.07) is 6.03. The summed E-state index contributed by atoms with van der Waals surface area (Å²) in [5, 5.41) is 12.0. The number of amides is 1. The lowest BCUT2D eigenvalue weighted by atomic mass is 9.98. The van der Waals surface area contributed by atoms with E-state index in [2.05, 4.69) is 24.9 Å². The van der Waals surface area contributed by atoms with Gasteiger partial charge in [-0.3, -0.25) is 4.79 Å². The number of pyridine rings is 2. The van der Waals surface area contributed by atoms with Crippen LogP contribution in [-0.2, 0) is 0 Å². The second-order valence-electron chi connectivity index (χ2n) is 6.20. The van der Waals surface area contributed by atoms with E-state index >= 15 is 0 Å². The zero-order chi connectivity index (χ0) is 19.2. The average Bonchev–Trinajstić information content (AvgIpc) is 2.68. The van der Waals surface area contributed by atoms with Crippen molar-refractivity contribution in [1.29, 1.82) is 0 Å². The largest absolute Gasteiger partial charge is 0.433 e. The summed E-state index contributed by atoms with van der Waals surface area (Å²) in [6.45, 7) is -1.29. The molecule has 1 saturated heterocycles. The molecule has 1 aliphatic rings. The van der Waals surface area contributed by atoms with E-state index in [0.29, 0.717) is 17.4 Å². The van der Waals surface area contributed by atoms with Gasteiger partial charge in [0.05, 0.1) is 11.9 Å². The first kappa shape index (κ1) is 19.0. The van der Waals surface area contributed by atoms with Gasteiger partial charge in [-0.2, -0.15) is 8.78 Å². The minimum Gasteiger partial charge on any atom is -0.433 e. The van der Waals surface area contributed by atoms with Crippen molar-refractivity contribution in [1.82, 2.24) is 9.97 Å². The van der Waals surface area contributed by atoms with Crippen LogP contribution in [0.5, 0.6) is 5.75 Å². The lowest BCUT2D eigenvalue weighted by Gasteiger charge is -2.33. The Morgan fingerprint density at radius 1 is 1.30 bits per heavy atom. The van der Waals surface area contributed by atoms with E-state index < -0.39 is 12.5 Å². The number of carbonyl (C=O) groups excluding carboxylic acids is 1. The van der Waals surface area contributed by atoms with E-state index in [9.17, 15) is 18.7 Å². The highest BCUT2D eigenvalue weighted by Crippen LogP contribution is 2.28. The first-order valence-corrected chi connectivity index (χ1v) is 8.60. The van der Waals surface area contributed by atoms with Crippen molar-refractivity contribution < 1.29 is 23.4 Å². The fraction of sp³-hybridized carbons (Fsp3) is 0.389. The number of anilines is 2. The highest BCUT2D eigenvalue weighted by Gasteiger charge is 2.22. The summed E-state index contributed by atoms with van der Waals surface area (Å²) in [6.07, 6.45) is 4.43. The molecule has 7 nitrogen and oxygen atoms in total. The van der Waals surface area contributed by atoms with Gasteiger partial charge in [0.2, 0.25) is 0 Å². The van der Waals surface area contributed by atoms with Crippen LogP contribution in [0.25, 0.3) is 0 Å². The van der Waals surface area contributed by atoms with Crippen LogP contribution >= 0.6 is 0 Å². The topological polar surface area (TPSA) is 87.6 Å². The molecule has 2 aromatic heterocycles. The van der Waals surface area contributed by atoms with Crippen molar-refractivity contribution in [3.05, 3.63) is 42.4 Å². The monoisotopic (exact) mass is 378 g/mol. The predicted octanol–water partition coefficient (Wildman–Crippen LogP) is 2.54. The van der Waals surface area contributed by atoms with Crippen LogP contribution in [0.15, 0.2) is 36.7 Å². The van der Waals surface area contributed by atoms with Crippen molar-refractivity contribution >= 4 is 17.4 Å². The molecule has 3 rings (SSSR count). The van der Waals surface area contributed by atoms with E-state index in [-0.39, 0.29) is 18.1 Å². The number of carbonyl (C=O) groups is 1. The van der Waals surface area contributed by atoms with Crippen LogP contribution < -0.4 is 15.0 Å². The van der Waals surface area contributed by atoms with Gasteiger partial charge in [-0.15, -0.1) is 0 Å². The molecule has 9 heteroatoms. The molecule has 2 N–H and O–H groups in total. The summed E-state index contributed by atoms with van der Waals surface area (Å²) >= 11 is 0. The number of hydrogen-bond acceptors (Lipinski definition) is 6. The maximum Gasteiger partial charge on any atom is 0.387 e. The molecule has 1 amide bonds. The first-order valence-electron chi connectivity index (χ1n) is 8.60. The maximum absolute atomic E-state index is 12.4.